The highest BCUT2D eigenvalue weighted by molar-refractivity contribution is 5.12. The van der Waals surface area contributed by atoms with Gasteiger partial charge in [-0.05, 0) is 6.42 Å². The molecule has 17 heavy (non-hydrogen) atoms. The first kappa shape index (κ1) is 12.5. The van der Waals surface area contributed by atoms with Crippen molar-refractivity contribution in [3.05, 3.63) is 18.0 Å². The van der Waals surface area contributed by atoms with Gasteiger partial charge >= 0.3 is 0 Å². The third-order valence-electron chi connectivity index (χ3n) is 3.48. The average molecular weight is 238 g/mol. The normalized spacial score (nSPS) is 23.8. The van der Waals surface area contributed by atoms with E-state index in [2.05, 4.69) is 23.1 Å². The van der Waals surface area contributed by atoms with Gasteiger partial charge in [0.2, 0.25) is 0 Å². The fourth-order valence-corrected chi connectivity index (χ4v) is 2.51. The average Bonchev–Trinajstić information content (AvgIpc) is 2.77. The van der Waals surface area contributed by atoms with Crippen LogP contribution in [-0.4, -0.2) is 47.0 Å². The number of nitrogens with zero attached hydrogens (tertiary/aromatic N) is 3. The number of aryl methyl sites for hydroxylation is 1. The number of ether oxygens (including phenoxy) is 1. The maximum absolute atomic E-state index is 5.94. The lowest BCUT2D eigenvalue weighted by atomic mass is 10.0. The molecule has 0 spiro atoms. The first-order valence-corrected chi connectivity index (χ1v) is 6.28. The maximum atomic E-state index is 5.94. The number of hydrogen-bond donors (Lipinski definition) is 1. The van der Waals surface area contributed by atoms with Crippen LogP contribution in [0.4, 0.5) is 0 Å². The zero-order chi connectivity index (χ0) is 12.3. The van der Waals surface area contributed by atoms with Gasteiger partial charge in [0.25, 0.3) is 0 Å². The van der Waals surface area contributed by atoms with E-state index in [-0.39, 0.29) is 6.04 Å². The number of aromatic nitrogens is 2. The molecule has 2 atom stereocenters. The van der Waals surface area contributed by atoms with Crippen molar-refractivity contribution in [3.63, 3.8) is 0 Å². The number of rotatable bonds is 4. The van der Waals surface area contributed by atoms with Crippen LogP contribution in [0, 0.1) is 0 Å². The molecule has 1 aromatic rings. The van der Waals surface area contributed by atoms with Gasteiger partial charge in [0.05, 0.1) is 25.5 Å². The second kappa shape index (κ2) is 5.62. The molecule has 2 heterocycles. The van der Waals surface area contributed by atoms with Gasteiger partial charge in [0, 0.05) is 37.9 Å². The van der Waals surface area contributed by atoms with E-state index < -0.39 is 0 Å². The molecule has 0 radical (unpaired) electrons. The first-order chi connectivity index (χ1) is 8.26. The lowest BCUT2D eigenvalue weighted by molar-refractivity contribution is -0.0291. The van der Waals surface area contributed by atoms with Crippen molar-refractivity contribution in [3.8, 4) is 0 Å². The van der Waals surface area contributed by atoms with Crippen molar-refractivity contribution in [1.82, 2.24) is 14.7 Å². The summed E-state index contributed by atoms with van der Waals surface area (Å²) < 4.78 is 7.37. The summed E-state index contributed by atoms with van der Waals surface area (Å²) >= 11 is 0. The van der Waals surface area contributed by atoms with Gasteiger partial charge < -0.3 is 10.5 Å². The third kappa shape index (κ3) is 2.68. The molecule has 1 aliphatic rings. The fourth-order valence-electron chi connectivity index (χ4n) is 2.51. The van der Waals surface area contributed by atoms with Crippen LogP contribution in [0.1, 0.15) is 24.9 Å². The van der Waals surface area contributed by atoms with Crippen LogP contribution in [0.2, 0.25) is 0 Å². The van der Waals surface area contributed by atoms with Crippen LogP contribution in [0.15, 0.2) is 12.4 Å². The zero-order valence-electron chi connectivity index (χ0n) is 10.7. The molecule has 2 N–H and O–H groups in total. The monoisotopic (exact) mass is 238 g/mol. The quantitative estimate of drug-likeness (QED) is 0.831. The molecule has 2 rings (SSSR count). The van der Waals surface area contributed by atoms with Crippen LogP contribution >= 0.6 is 0 Å². The molecule has 5 heteroatoms. The molecule has 5 nitrogen and oxygen atoms in total. The summed E-state index contributed by atoms with van der Waals surface area (Å²) in [7, 11) is 1.94. The first-order valence-electron chi connectivity index (χ1n) is 6.28. The molecule has 2 unspecified atom stereocenters. The molecular formula is C12H22N4O. The molecule has 1 fully saturated rings. The zero-order valence-corrected chi connectivity index (χ0v) is 10.7. The lowest BCUT2D eigenvalue weighted by Crippen LogP contribution is -2.48. The highest BCUT2D eigenvalue weighted by atomic mass is 16.5. The minimum absolute atomic E-state index is 0.262. The lowest BCUT2D eigenvalue weighted by Gasteiger charge is -2.40. The molecule has 0 aromatic carbocycles. The van der Waals surface area contributed by atoms with Gasteiger partial charge in [0.1, 0.15) is 0 Å². The Kier molecular flexibility index (Phi) is 4.15. The molecule has 0 saturated carbocycles. The number of morpholine rings is 1. The summed E-state index contributed by atoms with van der Waals surface area (Å²) in [5.41, 5.74) is 7.15. The summed E-state index contributed by atoms with van der Waals surface area (Å²) in [6.45, 7) is 5.39. The van der Waals surface area contributed by atoms with Crippen LogP contribution in [0.3, 0.4) is 0 Å². The Morgan fingerprint density at radius 2 is 2.47 bits per heavy atom. The SMILES string of the molecule is CCC1COCCN1C(CN)c1cnn(C)c1. The summed E-state index contributed by atoms with van der Waals surface area (Å²) in [5.74, 6) is 0. The Balaban J connectivity index is 2.16. The Morgan fingerprint density at radius 3 is 3.06 bits per heavy atom. The van der Waals surface area contributed by atoms with E-state index in [0.717, 1.165) is 26.2 Å². The topological polar surface area (TPSA) is 56.3 Å². The third-order valence-corrected chi connectivity index (χ3v) is 3.48. The molecule has 0 aliphatic carbocycles. The molecule has 0 amide bonds. The highest BCUT2D eigenvalue weighted by Crippen LogP contribution is 2.24. The fraction of sp³-hybridized carbons (Fsp3) is 0.750. The number of nitrogens with two attached hydrogens (primary N) is 1. The summed E-state index contributed by atoms with van der Waals surface area (Å²) in [6, 6.07) is 0.732. The van der Waals surface area contributed by atoms with E-state index in [0.29, 0.717) is 12.6 Å². The molecule has 1 aromatic heterocycles. The standard InChI is InChI=1S/C12H22N4O/c1-3-11-9-17-5-4-16(11)12(6-13)10-7-14-15(2)8-10/h7-8,11-12H,3-6,9,13H2,1-2H3. The van der Waals surface area contributed by atoms with Gasteiger partial charge in [-0.15, -0.1) is 0 Å². The van der Waals surface area contributed by atoms with E-state index in [1.807, 2.05) is 17.9 Å². The molecule has 1 aliphatic heterocycles. The van der Waals surface area contributed by atoms with Gasteiger partial charge in [-0.2, -0.15) is 5.10 Å². The van der Waals surface area contributed by atoms with Gasteiger partial charge in [-0.25, -0.2) is 0 Å². The van der Waals surface area contributed by atoms with Crippen molar-refractivity contribution in [2.24, 2.45) is 12.8 Å². The maximum Gasteiger partial charge on any atom is 0.0622 e. The second-order valence-electron chi connectivity index (χ2n) is 4.57. The summed E-state index contributed by atoms with van der Waals surface area (Å²) in [5, 5.41) is 4.23. The van der Waals surface area contributed by atoms with Crippen molar-refractivity contribution >= 4 is 0 Å². The highest BCUT2D eigenvalue weighted by Gasteiger charge is 2.29. The predicted molar refractivity (Wildman–Crippen MR) is 66.6 cm³/mol. The van der Waals surface area contributed by atoms with Crippen LogP contribution in [-0.2, 0) is 11.8 Å². The van der Waals surface area contributed by atoms with Crippen molar-refractivity contribution in [2.45, 2.75) is 25.4 Å². The van der Waals surface area contributed by atoms with E-state index >= 15 is 0 Å². The van der Waals surface area contributed by atoms with Gasteiger partial charge in [0.15, 0.2) is 0 Å². The van der Waals surface area contributed by atoms with Crippen LogP contribution in [0.25, 0.3) is 0 Å². The predicted octanol–water partition coefficient (Wildman–Crippen LogP) is 0.531. The van der Waals surface area contributed by atoms with Crippen molar-refractivity contribution in [2.75, 3.05) is 26.3 Å². The Hall–Kier alpha value is -0.910. The van der Waals surface area contributed by atoms with Crippen LogP contribution < -0.4 is 5.73 Å². The minimum Gasteiger partial charge on any atom is -0.378 e. The Labute approximate surface area is 103 Å². The van der Waals surface area contributed by atoms with E-state index in [1.54, 1.807) is 0 Å². The summed E-state index contributed by atoms with van der Waals surface area (Å²) in [6.07, 6.45) is 5.07. The number of hydrogen-bond acceptors (Lipinski definition) is 4. The van der Waals surface area contributed by atoms with Crippen LogP contribution in [0.5, 0.6) is 0 Å². The van der Waals surface area contributed by atoms with E-state index in [9.17, 15) is 0 Å². The molecule has 96 valence electrons. The smallest absolute Gasteiger partial charge is 0.0622 e. The Bertz CT molecular complexity index is 352. The van der Waals surface area contributed by atoms with Crippen molar-refractivity contribution in [1.29, 1.82) is 0 Å². The van der Waals surface area contributed by atoms with E-state index in [1.165, 1.54) is 5.56 Å². The largest absolute Gasteiger partial charge is 0.378 e. The molecular weight excluding hydrogens is 216 g/mol. The Morgan fingerprint density at radius 1 is 1.65 bits per heavy atom. The summed E-state index contributed by atoms with van der Waals surface area (Å²) in [4.78, 5) is 2.46. The molecule has 1 saturated heterocycles. The van der Waals surface area contributed by atoms with Gasteiger partial charge in [-0.1, -0.05) is 6.92 Å². The second-order valence-corrected chi connectivity index (χ2v) is 4.57. The van der Waals surface area contributed by atoms with Gasteiger partial charge in [-0.3, -0.25) is 9.58 Å². The van der Waals surface area contributed by atoms with Crippen molar-refractivity contribution < 1.29 is 4.74 Å². The van der Waals surface area contributed by atoms with E-state index in [4.69, 9.17) is 10.5 Å². The minimum atomic E-state index is 0.262. The molecule has 0 bridgehead atoms.